The summed E-state index contributed by atoms with van der Waals surface area (Å²) in [6.07, 6.45) is 1.10. The monoisotopic (exact) mass is 220 g/mol. The zero-order valence-corrected chi connectivity index (χ0v) is 10.2. The Kier molecular flexibility index (Phi) is 4.40. The number of nitrogens with zero attached hydrogens (tertiary/aromatic N) is 1. The highest BCUT2D eigenvalue weighted by Crippen LogP contribution is 2.31. The van der Waals surface area contributed by atoms with E-state index in [2.05, 4.69) is 13.8 Å². The minimum absolute atomic E-state index is 0. The molecule has 0 aromatic heterocycles. The van der Waals surface area contributed by atoms with Crippen LogP contribution in [0.4, 0.5) is 0 Å². The molecular weight excluding hydrogens is 200 g/mol. The summed E-state index contributed by atoms with van der Waals surface area (Å²) in [4.78, 5) is 13.8. The van der Waals surface area contributed by atoms with Crippen LogP contribution >= 0.6 is 12.4 Å². The maximum atomic E-state index is 11.8. The van der Waals surface area contributed by atoms with E-state index in [0.717, 1.165) is 13.0 Å². The fourth-order valence-corrected chi connectivity index (χ4v) is 1.55. The Morgan fingerprint density at radius 3 is 2.14 bits per heavy atom. The highest BCUT2D eigenvalue weighted by molar-refractivity contribution is 5.85. The molecule has 2 N–H and O–H groups in total. The Labute approximate surface area is 92.4 Å². The van der Waals surface area contributed by atoms with Crippen LogP contribution in [0, 0.1) is 5.92 Å². The maximum absolute atomic E-state index is 11.8. The molecule has 1 amide bonds. The van der Waals surface area contributed by atoms with Gasteiger partial charge in [-0.05, 0) is 27.2 Å². The number of carbonyl (C=O) groups is 1. The van der Waals surface area contributed by atoms with Crippen molar-refractivity contribution in [2.45, 2.75) is 45.7 Å². The fraction of sp³-hybridized carbons (Fsp3) is 0.900. The molecule has 1 heterocycles. The average molecular weight is 221 g/mol. The number of amides is 1. The van der Waals surface area contributed by atoms with E-state index in [-0.39, 0.29) is 35.8 Å². The number of halogens is 1. The molecule has 84 valence electrons. The van der Waals surface area contributed by atoms with Gasteiger partial charge in [0.2, 0.25) is 5.91 Å². The smallest absolute Gasteiger partial charge is 0.227 e. The SMILES string of the molecule is CC(N)C(C)C(=O)N1CCC1(C)C.Cl. The lowest BCUT2D eigenvalue weighted by Gasteiger charge is -2.49. The van der Waals surface area contributed by atoms with E-state index < -0.39 is 0 Å². The second kappa shape index (κ2) is 4.49. The second-order valence-corrected chi connectivity index (χ2v) is 4.70. The van der Waals surface area contributed by atoms with Crippen molar-refractivity contribution in [3.8, 4) is 0 Å². The van der Waals surface area contributed by atoms with E-state index >= 15 is 0 Å². The molecule has 1 aliphatic rings. The van der Waals surface area contributed by atoms with Crippen molar-refractivity contribution in [3.05, 3.63) is 0 Å². The predicted molar refractivity (Wildman–Crippen MR) is 60.5 cm³/mol. The topological polar surface area (TPSA) is 46.3 Å². The Morgan fingerprint density at radius 1 is 1.43 bits per heavy atom. The average Bonchev–Trinajstić information content (AvgIpc) is 2.01. The normalized spacial score (nSPS) is 23.1. The highest BCUT2D eigenvalue weighted by atomic mass is 35.5. The van der Waals surface area contributed by atoms with E-state index in [4.69, 9.17) is 5.73 Å². The molecule has 1 fully saturated rings. The first-order chi connectivity index (χ1) is 5.86. The van der Waals surface area contributed by atoms with E-state index in [9.17, 15) is 4.79 Å². The molecule has 14 heavy (non-hydrogen) atoms. The van der Waals surface area contributed by atoms with Crippen LogP contribution in [0.1, 0.15) is 34.1 Å². The molecule has 0 aromatic rings. The van der Waals surface area contributed by atoms with Crippen molar-refractivity contribution in [2.24, 2.45) is 11.7 Å². The van der Waals surface area contributed by atoms with Crippen molar-refractivity contribution < 1.29 is 4.79 Å². The Bertz CT molecular complexity index is 216. The molecule has 0 bridgehead atoms. The highest BCUT2D eigenvalue weighted by Gasteiger charge is 2.41. The summed E-state index contributed by atoms with van der Waals surface area (Å²) in [5, 5.41) is 0. The largest absolute Gasteiger partial charge is 0.337 e. The molecule has 0 spiro atoms. The first-order valence-corrected chi connectivity index (χ1v) is 4.93. The summed E-state index contributed by atoms with van der Waals surface area (Å²) in [6, 6.07) is -0.0519. The molecule has 0 radical (unpaired) electrons. The van der Waals surface area contributed by atoms with Crippen molar-refractivity contribution in [1.82, 2.24) is 4.90 Å². The van der Waals surface area contributed by atoms with Crippen LogP contribution in [0.2, 0.25) is 0 Å². The van der Waals surface area contributed by atoms with Crippen molar-refractivity contribution in [3.63, 3.8) is 0 Å². The Morgan fingerprint density at radius 2 is 1.93 bits per heavy atom. The zero-order chi connectivity index (χ0) is 10.2. The van der Waals surface area contributed by atoms with Gasteiger partial charge in [0.1, 0.15) is 0 Å². The predicted octanol–water partition coefficient (Wildman–Crippen LogP) is 1.40. The summed E-state index contributed by atoms with van der Waals surface area (Å²) >= 11 is 0. The molecule has 0 aliphatic carbocycles. The van der Waals surface area contributed by atoms with Gasteiger partial charge in [0.25, 0.3) is 0 Å². The zero-order valence-electron chi connectivity index (χ0n) is 9.41. The summed E-state index contributed by atoms with van der Waals surface area (Å²) < 4.78 is 0. The van der Waals surface area contributed by atoms with Crippen LogP contribution in [0.25, 0.3) is 0 Å². The molecule has 1 rings (SSSR count). The van der Waals surface area contributed by atoms with Gasteiger partial charge in [0.15, 0.2) is 0 Å². The standard InChI is InChI=1S/C10H20N2O.ClH/c1-7(8(2)11)9(13)12-6-5-10(12,3)4;/h7-8H,5-6,11H2,1-4H3;1H. The minimum Gasteiger partial charge on any atom is -0.337 e. The minimum atomic E-state index is -0.0559. The molecule has 0 saturated carbocycles. The molecule has 2 unspecified atom stereocenters. The summed E-state index contributed by atoms with van der Waals surface area (Å²) in [5.74, 6) is 0.144. The van der Waals surface area contributed by atoms with Gasteiger partial charge in [-0.3, -0.25) is 4.79 Å². The van der Waals surface area contributed by atoms with Gasteiger partial charge in [-0.25, -0.2) is 0 Å². The number of hydrogen-bond acceptors (Lipinski definition) is 2. The number of rotatable bonds is 2. The molecule has 3 nitrogen and oxygen atoms in total. The number of carbonyl (C=O) groups excluding carboxylic acids is 1. The number of likely N-dealkylation sites (tertiary alicyclic amines) is 1. The fourth-order valence-electron chi connectivity index (χ4n) is 1.55. The lowest BCUT2D eigenvalue weighted by atomic mass is 9.86. The van der Waals surface area contributed by atoms with Crippen LogP contribution in [-0.2, 0) is 4.79 Å². The van der Waals surface area contributed by atoms with E-state index in [1.165, 1.54) is 0 Å². The van der Waals surface area contributed by atoms with Gasteiger partial charge in [-0.15, -0.1) is 12.4 Å². The lowest BCUT2D eigenvalue weighted by Crippen LogP contribution is -2.60. The summed E-state index contributed by atoms with van der Waals surface area (Å²) in [5.41, 5.74) is 5.75. The van der Waals surface area contributed by atoms with Crippen LogP contribution in [0.5, 0.6) is 0 Å². The van der Waals surface area contributed by atoms with E-state index in [1.54, 1.807) is 0 Å². The Hall–Kier alpha value is -0.280. The summed E-state index contributed by atoms with van der Waals surface area (Å²) in [7, 11) is 0. The van der Waals surface area contributed by atoms with E-state index in [0.29, 0.717) is 0 Å². The van der Waals surface area contributed by atoms with Gasteiger partial charge >= 0.3 is 0 Å². The van der Waals surface area contributed by atoms with Crippen LogP contribution in [-0.4, -0.2) is 28.9 Å². The van der Waals surface area contributed by atoms with Crippen molar-refractivity contribution in [2.75, 3.05) is 6.54 Å². The molecule has 2 atom stereocenters. The van der Waals surface area contributed by atoms with Gasteiger partial charge in [-0.2, -0.15) is 0 Å². The van der Waals surface area contributed by atoms with Gasteiger partial charge in [-0.1, -0.05) is 6.92 Å². The third-order valence-electron chi connectivity index (χ3n) is 3.12. The van der Waals surface area contributed by atoms with Crippen LogP contribution in [0.3, 0.4) is 0 Å². The second-order valence-electron chi connectivity index (χ2n) is 4.70. The number of nitrogens with two attached hydrogens (primary N) is 1. The van der Waals surface area contributed by atoms with Gasteiger partial charge in [0, 0.05) is 18.1 Å². The van der Waals surface area contributed by atoms with Crippen LogP contribution in [0.15, 0.2) is 0 Å². The first-order valence-electron chi connectivity index (χ1n) is 4.93. The van der Waals surface area contributed by atoms with Gasteiger partial charge in [0.05, 0.1) is 5.92 Å². The first kappa shape index (κ1) is 13.7. The van der Waals surface area contributed by atoms with E-state index in [1.807, 2.05) is 18.7 Å². The molecule has 0 aromatic carbocycles. The molecule has 1 saturated heterocycles. The molecule has 1 aliphatic heterocycles. The van der Waals surface area contributed by atoms with Gasteiger partial charge < -0.3 is 10.6 Å². The maximum Gasteiger partial charge on any atom is 0.227 e. The third kappa shape index (κ3) is 2.39. The third-order valence-corrected chi connectivity index (χ3v) is 3.12. The quantitative estimate of drug-likeness (QED) is 0.765. The Balaban J connectivity index is 0.00000169. The van der Waals surface area contributed by atoms with Crippen molar-refractivity contribution >= 4 is 18.3 Å². The molecular formula is C10H21ClN2O. The van der Waals surface area contributed by atoms with Crippen molar-refractivity contribution in [1.29, 1.82) is 0 Å². The lowest BCUT2D eigenvalue weighted by molar-refractivity contribution is -0.149. The molecule has 4 heteroatoms. The number of hydrogen-bond donors (Lipinski definition) is 1. The van der Waals surface area contributed by atoms with Crippen LogP contribution < -0.4 is 5.73 Å². The summed E-state index contributed by atoms with van der Waals surface area (Å²) in [6.45, 7) is 8.88.